The fourth-order valence-corrected chi connectivity index (χ4v) is 4.02. The van der Waals surface area contributed by atoms with Gasteiger partial charge in [-0.1, -0.05) is 0 Å². The Morgan fingerprint density at radius 2 is 2.17 bits per heavy atom. The number of alkyl halides is 1. The van der Waals surface area contributed by atoms with E-state index in [9.17, 15) is 8.42 Å². The van der Waals surface area contributed by atoms with Crippen LogP contribution in [0.4, 0.5) is 0 Å². The topological polar surface area (TPSA) is 66.1 Å². The van der Waals surface area contributed by atoms with Crippen LogP contribution in [0.25, 0.3) is 0 Å². The summed E-state index contributed by atoms with van der Waals surface area (Å²) in [7, 11) is -1.95. The van der Waals surface area contributed by atoms with Crippen molar-refractivity contribution in [1.29, 1.82) is 0 Å². The van der Waals surface area contributed by atoms with Crippen LogP contribution in [-0.4, -0.2) is 36.0 Å². The molecule has 1 N–H and O–H groups in total. The molecular formula is C11H18ClN3O2S. The number of aromatic nitrogens is 2. The van der Waals surface area contributed by atoms with E-state index in [2.05, 4.69) is 10.2 Å². The summed E-state index contributed by atoms with van der Waals surface area (Å²) in [6.07, 6.45) is 2.20. The van der Waals surface area contributed by atoms with E-state index in [1.165, 1.54) is 4.31 Å². The van der Waals surface area contributed by atoms with Gasteiger partial charge in [-0.3, -0.25) is 5.10 Å². The van der Waals surface area contributed by atoms with E-state index in [1.54, 1.807) is 14.0 Å². The van der Waals surface area contributed by atoms with Gasteiger partial charge in [-0.25, -0.2) is 8.42 Å². The lowest BCUT2D eigenvalue weighted by Gasteiger charge is -2.23. The van der Waals surface area contributed by atoms with E-state index < -0.39 is 10.0 Å². The molecule has 0 spiro atoms. The highest BCUT2D eigenvalue weighted by Crippen LogP contribution is 2.36. The Balaban J connectivity index is 2.34. The molecule has 0 radical (unpaired) electrons. The number of H-pyrrole nitrogens is 1. The molecule has 1 saturated carbocycles. The smallest absolute Gasteiger partial charge is 0.262 e. The van der Waals surface area contributed by atoms with Crippen LogP contribution in [0.3, 0.4) is 0 Å². The summed E-state index contributed by atoms with van der Waals surface area (Å²) < 4.78 is 26.4. The molecule has 0 bridgehead atoms. The van der Waals surface area contributed by atoms with E-state index in [0.717, 1.165) is 12.8 Å². The van der Waals surface area contributed by atoms with E-state index in [1.807, 2.05) is 6.92 Å². The van der Waals surface area contributed by atoms with Crippen molar-refractivity contribution in [3.8, 4) is 0 Å². The zero-order valence-corrected chi connectivity index (χ0v) is 12.3. The van der Waals surface area contributed by atoms with Crippen molar-refractivity contribution >= 4 is 21.6 Å². The van der Waals surface area contributed by atoms with Gasteiger partial charge in [-0.05, 0) is 32.6 Å². The predicted octanol–water partition coefficient (Wildman–Crippen LogP) is 1.88. The lowest BCUT2D eigenvalue weighted by molar-refractivity contribution is 0.355. The number of rotatable bonds is 5. The first kappa shape index (κ1) is 13.8. The van der Waals surface area contributed by atoms with Gasteiger partial charge in [-0.2, -0.15) is 9.40 Å². The van der Waals surface area contributed by atoms with Gasteiger partial charge in [0.05, 0.1) is 5.88 Å². The summed E-state index contributed by atoms with van der Waals surface area (Å²) in [5.74, 6) is 0.618. The maximum atomic E-state index is 12.5. The number of aromatic amines is 1. The highest BCUT2D eigenvalue weighted by molar-refractivity contribution is 7.89. The zero-order valence-electron chi connectivity index (χ0n) is 10.8. The van der Waals surface area contributed by atoms with Gasteiger partial charge < -0.3 is 0 Å². The summed E-state index contributed by atoms with van der Waals surface area (Å²) in [5, 5.41) is 6.66. The van der Waals surface area contributed by atoms with E-state index in [0.29, 0.717) is 17.2 Å². The van der Waals surface area contributed by atoms with Crippen molar-refractivity contribution in [1.82, 2.24) is 14.5 Å². The highest BCUT2D eigenvalue weighted by Gasteiger charge is 2.38. The Kier molecular flexibility index (Phi) is 3.71. The van der Waals surface area contributed by atoms with Gasteiger partial charge in [0.1, 0.15) is 0 Å². The third-order valence-corrected chi connectivity index (χ3v) is 5.86. The highest BCUT2D eigenvalue weighted by atomic mass is 35.5. The molecule has 2 rings (SSSR count). The van der Waals surface area contributed by atoms with Gasteiger partial charge in [0, 0.05) is 24.3 Å². The first-order chi connectivity index (χ1) is 8.39. The Hall–Kier alpha value is -0.590. The SMILES string of the molecule is Cc1[nH]nc(S(=O)(=O)N(C)C(C)C2CC2)c1CCl. The first-order valence-electron chi connectivity index (χ1n) is 5.97. The first-order valence-corrected chi connectivity index (χ1v) is 7.95. The minimum Gasteiger partial charge on any atom is -0.281 e. The summed E-state index contributed by atoms with van der Waals surface area (Å²) in [6, 6.07) is 0.00943. The molecule has 1 unspecified atom stereocenters. The van der Waals surface area contributed by atoms with Crippen LogP contribution < -0.4 is 0 Å². The molecule has 0 aromatic carbocycles. The summed E-state index contributed by atoms with van der Waals surface area (Å²) >= 11 is 5.80. The summed E-state index contributed by atoms with van der Waals surface area (Å²) in [4.78, 5) is 0. The number of aryl methyl sites for hydroxylation is 1. The molecule has 1 aromatic rings. The number of hydrogen-bond donors (Lipinski definition) is 1. The number of nitrogens with zero attached hydrogens (tertiary/aromatic N) is 2. The van der Waals surface area contributed by atoms with Gasteiger partial charge in [-0.15, -0.1) is 11.6 Å². The van der Waals surface area contributed by atoms with Crippen molar-refractivity contribution < 1.29 is 8.42 Å². The Morgan fingerprint density at radius 1 is 1.56 bits per heavy atom. The second kappa shape index (κ2) is 4.83. The number of hydrogen-bond acceptors (Lipinski definition) is 3. The van der Waals surface area contributed by atoms with Gasteiger partial charge >= 0.3 is 0 Å². The molecule has 1 aliphatic carbocycles. The normalized spacial score (nSPS) is 18.3. The predicted molar refractivity (Wildman–Crippen MR) is 70.0 cm³/mol. The van der Waals surface area contributed by atoms with Crippen LogP contribution in [0.2, 0.25) is 0 Å². The van der Waals surface area contributed by atoms with Crippen molar-refractivity contribution in [2.45, 2.75) is 43.6 Å². The van der Waals surface area contributed by atoms with Crippen molar-refractivity contribution in [3.05, 3.63) is 11.3 Å². The maximum Gasteiger partial charge on any atom is 0.262 e. The standard InChI is InChI=1S/C11H18ClN3O2S/c1-7-10(6-12)11(14-13-7)18(16,17)15(3)8(2)9-4-5-9/h8-9H,4-6H2,1-3H3,(H,13,14). The van der Waals surface area contributed by atoms with Crippen molar-refractivity contribution in [3.63, 3.8) is 0 Å². The number of halogens is 1. The lowest BCUT2D eigenvalue weighted by atomic mass is 10.2. The van der Waals surface area contributed by atoms with Crippen LogP contribution >= 0.6 is 11.6 Å². The molecule has 1 heterocycles. The fraction of sp³-hybridized carbons (Fsp3) is 0.727. The third-order valence-electron chi connectivity index (χ3n) is 3.67. The molecule has 18 heavy (non-hydrogen) atoms. The van der Waals surface area contributed by atoms with Gasteiger partial charge in [0.15, 0.2) is 5.03 Å². The molecule has 1 atom stereocenters. The van der Waals surface area contributed by atoms with Crippen LogP contribution in [-0.2, 0) is 15.9 Å². The van der Waals surface area contributed by atoms with E-state index >= 15 is 0 Å². The summed E-state index contributed by atoms with van der Waals surface area (Å²) in [6.45, 7) is 3.71. The quantitative estimate of drug-likeness (QED) is 0.842. The average Bonchev–Trinajstić information content (AvgIpc) is 3.10. The molecule has 0 aliphatic heterocycles. The number of nitrogens with one attached hydrogen (secondary N) is 1. The molecule has 1 aromatic heterocycles. The monoisotopic (exact) mass is 291 g/mol. The van der Waals surface area contributed by atoms with Crippen molar-refractivity contribution in [2.75, 3.05) is 7.05 Å². The minimum absolute atomic E-state index is 0.00943. The molecule has 1 fully saturated rings. The molecule has 5 nitrogen and oxygen atoms in total. The third kappa shape index (κ3) is 2.29. The Morgan fingerprint density at radius 3 is 2.67 bits per heavy atom. The van der Waals surface area contributed by atoms with Crippen LogP contribution in [0.5, 0.6) is 0 Å². The fourth-order valence-electron chi connectivity index (χ4n) is 2.03. The average molecular weight is 292 g/mol. The van der Waals surface area contributed by atoms with Crippen LogP contribution in [0, 0.1) is 12.8 Å². The van der Waals surface area contributed by atoms with E-state index in [4.69, 9.17) is 11.6 Å². The second-order valence-corrected chi connectivity index (χ2v) is 7.05. The molecule has 1 aliphatic rings. The maximum absolute atomic E-state index is 12.5. The molecule has 7 heteroatoms. The zero-order chi connectivity index (χ0) is 13.5. The molecule has 0 saturated heterocycles. The van der Waals surface area contributed by atoms with Crippen molar-refractivity contribution in [2.24, 2.45) is 5.92 Å². The second-order valence-electron chi connectivity index (χ2n) is 4.87. The lowest BCUT2D eigenvalue weighted by Crippen LogP contribution is -2.37. The van der Waals surface area contributed by atoms with Gasteiger partial charge in [0.25, 0.3) is 10.0 Å². The number of sulfonamides is 1. The summed E-state index contributed by atoms with van der Waals surface area (Å²) in [5.41, 5.74) is 1.27. The molecular weight excluding hydrogens is 274 g/mol. The van der Waals surface area contributed by atoms with E-state index in [-0.39, 0.29) is 16.9 Å². The Labute approximate surface area is 113 Å². The molecule has 102 valence electrons. The molecule has 0 amide bonds. The van der Waals surface area contributed by atoms with Gasteiger partial charge in [0.2, 0.25) is 0 Å². The minimum atomic E-state index is -3.56. The Bertz CT molecular complexity index is 536. The van der Waals surface area contributed by atoms with Crippen LogP contribution in [0.1, 0.15) is 31.0 Å². The van der Waals surface area contributed by atoms with Crippen LogP contribution in [0.15, 0.2) is 5.03 Å². The largest absolute Gasteiger partial charge is 0.281 e.